The quantitative estimate of drug-likeness (QED) is 0.565. The fourth-order valence-corrected chi connectivity index (χ4v) is 4.08. The number of likely N-dealkylation sites (tertiary alicyclic amines) is 1. The van der Waals surface area contributed by atoms with Gasteiger partial charge in [0.05, 0.1) is 6.33 Å². The summed E-state index contributed by atoms with van der Waals surface area (Å²) in [5.74, 6) is 0.880. The third-order valence-corrected chi connectivity index (χ3v) is 5.75. The van der Waals surface area contributed by atoms with Gasteiger partial charge in [-0.05, 0) is 49.7 Å². The molecule has 6 nitrogen and oxygen atoms in total. The minimum Gasteiger partial charge on any atom is -0.490 e. The van der Waals surface area contributed by atoms with Crippen molar-refractivity contribution in [1.29, 1.82) is 0 Å². The van der Waals surface area contributed by atoms with Crippen molar-refractivity contribution in [2.75, 3.05) is 20.1 Å². The number of fused-ring (bicyclic) bond motifs is 1. The summed E-state index contributed by atoms with van der Waals surface area (Å²) in [5.41, 5.74) is 3.93. The highest BCUT2D eigenvalue weighted by Crippen LogP contribution is 2.31. The highest BCUT2D eigenvalue weighted by molar-refractivity contribution is 5.93. The van der Waals surface area contributed by atoms with Crippen LogP contribution in [0.5, 0.6) is 5.75 Å². The lowest BCUT2D eigenvalue weighted by molar-refractivity contribution is 0.114. The van der Waals surface area contributed by atoms with Gasteiger partial charge in [-0.15, -0.1) is 0 Å². The molecule has 5 rings (SSSR count). The summed E-state index contributed by atoms with van der Waals surface area (Å²) < 4.78 is 8.08. The maximum atomic E-state index is 12.6. The molecule has 0 atom stereocenters. The number of hydrogen-bond acceptors (Lipinski definition) is 4. The van der Waals surface area contributed by atoms with Gasteiger partial charge < -0.3 is 19.2 Å². The highest BCUT2D eigenvalue weighted by atomic mass is 16.5. The van der Waals surface area contributed by atoms with E-state index < -0.39 is 0 Å². The van der Waals surface area contributed by atoms with Crippen LogP contribution in [0.3, 0.4) is 0 Å². The second-order valence-corrected chi connectivity index (χ2v) is 7.82. The molecule has 2 aromatic carbocycles. The minimum absolute atomic E-state index is 0.155. The standard InChI is InChI=1S/C24H24N4O2/c1-27-13-11-20(12-14-27)30-19-9-7-17(8-10-19)21-15-28(18-5-3-2-4-6-18)23-22(21)25-16-26-24(23)29/h2-10,15-16,20H,11-14H2,1H3,(H,25,26,29). The van der Waals surface area contributed by atoms with Crippen LogP contribution in [0.15, 0.2) is 71.9 Å². The van der Waals surface area contributed by atoms with Gasteiger partial charge in [-0.2, -0.15) is 0 Å². The Morgan fingerprint density at radius 1 is 1.03 bits per heavy atom. The molecule has 3 heterocycles. The Kier molecular flexibility index (Phi) is 4.85. The predicted molar refractivity (Wildman–Crippen MR) is 118 cm³/mol. The Labute approximate surface area is 174 Å². The van der Waals surface area contributed by atoms with E-state index in [2.05, 4.69) is 21.9 Å². The van der Waals surface area contributed by atoms with Gasteiger partial charge in [-0.1, -0.05) is 30.3 Å². The van der Waals surface area contributed by atoms with Gasteiger partial charge >= 0.3 is 0 Å². The molecule has 4 aromatic rings. The Balaban J connectivity index is 1.49. The molecule has 0 bridgehead atoms. The largest absolute Gasteiger partial charge is 0.490 e. The Hall–Kier alpha value is -3.38. The Morgan fingerprint density at radius 2 is 1.77 bits per heavy atom. The van der Waals surface area contributed by atoms with Gasteiger partial charge in [-0.3, -0.25) is 4.79 Å². The van der Waals surface area contributed by atoms with Crippen LogP contribution in [0, 0.1) is 0 Å². The van der Waals surface area contributed by atoms with Crippen molar-refractivity contribution in [3.63, 3.8) is 0 Å². The number of H-pyrrole nitrogens is 1. The number of piperidine rings is 1. The SMILES string of the molecule is CN1CCC(Oc2ccc(-c3cn(-c4ccccc4)c4c(=O)[nH]cnc34)cc2)CC1. The normalized spacial score (nSPS) is 15.5. The first-order valence-electron chi connectivity index (χ1n) is 10.3. The van der Waals surface area contributed by atoms with Gasteiger partial charge in [0.2, 0.25) is 0 Å². The van der Waals surface area contributed by atoms with Gasteiger partial charge in [0.15, 0.2) is 0 Å². The topological polar surface area (TPSA) is 63.1 Å². The van der Waals surface area contributed by atoms with Crippen molar-refractivity contribution in [1.82, 2.24) is 19.4 Å². The Morgan fingerprint density at radius 3 is 2.50 bits per heavy atom. The third kappa shape index (κ3) is 3.50. The zero-order chi connectivity index (χ0) is 20.5. The van der Waals surface area contributed by atoms with E-state index in [1.807, 2.05) is 65.4 Å². The van der Waals surface area contributed by atoms with E-state index in [4.69, 9.17) is 4.74 Å². The number of nitrogens with one attached hydrogen (secondary N) is 1. The lowest BCUT2D eigenvalue weighted by Crippen LogP contribution is -2.35. The Bertz CT molecular complexity index is 1200. The molecule has 1 fully saturated rings. The van der Waals surface area contributed by atoms with Crippen molar-refractivity contribution >= 4 is 11.0 Å². The lowest BCUT2D eigenvalue weighted by Gasteiger charge is -2.29. The predicted octanol–water partition coefficient (Wildman–Crippen LogP) is 3.85. The first kappa shape index (κ1) is 18.6. The van der Waals surface area contributed by atoms with Crippen LogP contribution in [0.1, 0.15) is 12.8 Å². The van der Waals surface area contributed by atoms with Crippen molar-refractivity contribution in [2.45, 2.75) is 18.9 Å². The molecule has 1 N–H and O–H groups in total. The van der Waals surface area contributed by atoms with Crippen LogP contribution in [-0.4, -0.2) is 45.7 Å². The number of aromatic nitrogens is 3. The fraction of sp³-hybridized carbons (Fsp3) is 0.250. The molecule has 0 spiro atoms. The number of rotatable bonds is 4. The van der Waals surface area contributed by atoms with E-state index in [0.717, 1.165) is 48.5 Å². The molecular weight excluding hydrogens is 376 g/mol. The fourth-order valence-electron chi connectivity index (χ4n) is 4.08. The number of aromatic amines is 1. The van der Waals surface area contributed by atoms with Crippen LogP contribution < -0.4 is 10.3 Å². The number of ether oxygens (including phenoxy) is 1. The number of hydrogen-bond donors (Lipinski definition) is 1. The van der Waals surface area contributed by atoms with E-state index >= 15 is 0 Å². The van der Waals surface area contributed by atoms with E-state index in [-0.39, 0.29) is 11.7 Å². The second-order valence-electron chi connectivity index (χ2n) is 7.82. The average Bonchev–Trinajstić information content (AvgIpc) is 3.18. The second kappa shape index (κ2) is 7.80. The summed E-state index contributed by atoms with van der Waals surface area (Å²) in [6, 6.07) is 17.9. The summed E-state index contributed by atoms with van der Waals surface area (Å²) in [4.78, 5) is 22.1. The highest BCUT2D eigenvalue weighted by Gasteiger charge is 2.19. The smallest absolute Gasteiger partial charge is 0.275 e. The molecule has 6 heteroatoms. The van der Waals surface area contributed by atoms with E-state index in [1.165, 1.54) is 6.33 Å². The van der Waals surface area contributed by atoms with Crippen molar-refractivity contribution in [3.05, 3.63) is 77.5 Å². The summed E-state index contributed by atoms with van der Waals surface area (Å²) in [6.45, 7) is 2.14. The molecule has 0 saturated carbocycles. The summed E-state index contributed by atoms with van der Waals surface area (Å²) >= 11 is 0. The monoisotopic (exact) mass is 400 g/mol. The molecule has 0 amide bonds. The van der Waals surface area contributed by atoms with E-state index in [9.17, 15) is 4.79 Å². The van der Waals surface area contributed by atoms with Crippen molar-refractivity contribution < 1.29 is 4.74 Å². The molecular formula is C24H24N4O2. The molecule has 0 unspecified atom stereocenters. The zero-order valence-electron chi connectivity index (χ0n) is 16.9. The first-order chi connectivity index (χ1) is 14.7. The van der Waals surface area contributed by atoms with E-state index in [1.54, 1.807) is 0 Å². The van der Waals surface area contributed by atoms with Crippen LogP contribution in [0.2, 0.25) is 0 Å². The maximum Gasteiger partial charge on any atom is 0.275 e. The van der Waals surface area contributed by atoms with Gasteiger partial charge in [0.25, 0.3) is 5.56 Å². The minimum atomic E-state index is -0.155. The van der Waals surface area contributed by atoms with Crippen LogP contribution >= 0.6 is 0 Å². The third-order valence-electron chi connectivity index (χ3n) is 5.75. The van der Waals surface area contributed by atoms with Gasteiger partial charge in [-0.25, -0.2) is 4.98 Å². The summed E-state index contributed by atoms with van der Waals surface area (Å²) in [6.07, 6.45) is 5.81. The summed E-state index contributed by atoms with van der Waals surface area (Å²) in [5, 5.41) is 0. The molecule has 2 aromatic heterocycles. The first-order valence-corrected chi connectivity index (χ1v) is 10.3. The summed E-state index contributed by atoms with van der Waals surface area (Å²) in [7, 11) is 2.15. The number of benzene rings is 2. The average molecular weight is 400 g/mol. The molecule has 1 saturated heterocycles. The van der Waals surface area contributed by atoms with Crippen LogP contribution in [0.25, 0.3) is 27.8 Å². The zero-order valence-corrected chi connectivity index (χ0v) is 16.9. The molecule has 30 heavy (non-hydrogen) atoms. The van der Waals surface area contributed by atoms with Crippen LogP contribution in [-0.2, 0) is 0 Å². The molecule has 0 radical (unpaired) electrons. The molecule has 152 valence electrons. The number of nitrogens with zero attached hydrogens (tertiary/aromatic N) is 3. The maximum absolute atomic E-state index is 12.6. The van der Waals surface area contributed by atoms with Crippen molar-refractivity contribution in [3.8, 4) is 22.6 Å². The van der Waals surface area contributed by atoms with Crippen molar-refractivity contribution in [2.24, 2.45) is 0 Å². The van der Waals surface area contributed by atoms with Crippen LogP contribution in [0.4, 0.5) is 0 Å². The molecule has 1 aliphatic rings. The van der Waals surface area contributed by atoms with E-state index in [0.29, 0.717) is 11.0 Å². The molecule has 0 aliphatic carbocycles. The molecule has 1 aliphatic heterocycles. The van der Waals surface area contributed by atoms with Gasteiger partial charge in [0.1, 0.15) is 22.9 Å². The van der Waals surface area contributed by atoms with Gasteiger partial charge in [0, 0.05) is 30.5 Å². The number of para-hydroxylation sites is 1. The lowest BCUT2D eigenvalue weighted by atomic mass is 10.1.